The van der Waals surface area contributed by atoms with Gasteiger partial charge in [-0.05, 0) is 30.3 Å². The van der Waals surface area contributed by atoms with Crippen molar-refractivity contribution in [2.24, 2.45) is 0 Å². The second-order valence-electron chi connectivity index (χ2n) is 6.94. The quantitative estimate of drug-likeness (QED) is 0.435. The van der Waals surface area contributed by atoms with E-state index in [2.05, 4.69) is 5.32 Å². The van der Waals surface area contributed by atoms with Gasteiger partial charge in [0.05, 0.1) is 23.5 Å². The molecule has 0 bridgehead atoms. The molecule has 0 saturated carbocycles. The first-order chi connectivity index (χ1) is 15.5. The fraction of sp³-hybridized carbons (Fsp3) is 0.130. The zero-order chi connectivity index (χ0) is 22.7. The van der Waals surface area contributed by atoms with Crippen LogP contribution in [0, 0.1) is 10.1 Å². The molecule has 3 aromatic carbocycles. The van der Waals surface area contributed by atoms with Crippen molar-refractivity contribution in [2.75, 3.05) is 23.1 Å². The van der Waals surface area contributed by atoms with Crippen molar-refractivity contribution in [3.05, 3.63) is 94.0 Å². The molecule has 1 aliphatic heterocycles. The van der Waals surface area contributed by atoms with Gasteiger partial charge in [-0.15, -0.1) is 11.8 Å². The van der Waals surface area contributed by atoms with Crippen LogP contribution >= 0.6 is 11.8 Å². The molecule has 1 atom stereocenters. The number of nitro benzene ring substituents is 1. The van der Waals surface area contributed by atoms with Crippen LogP contribution in [0.4, 0.5) is 17.1 Å². The summed E-state index contributed by atoms with van der Waals surface area (Å²) in [4.78, 5) is 37.6. The summed E-state index contributed by atoms with van der Waals surface area (Å²) in [6.07, 6.45) is 0. The normalized spacial score (nSPS) is 15.5. The molecule has 4 rings (SSSR count). The summed E-state index contributed by atoms with van der Waals surface area (Å²) in [5.74, 6) is 0.431. The highest BCUT2D eigenvalue weighted by atomic mass is 32.2. The van der Waals surface area contributed by atoms with Gasteiger partial charge in [0.15, 0.2) is 0 Å². The van der Waals surface area contributed by atoms with Crippen LogP contribution in [0.25, 0.3) is 0 Å². The molecule has 32 heavy (non-hydrogen) atoms. The summed E-state index contributed by atoms with van der Waals surface area (Å²) in [6.45, 7) is 0. The van der Waals surface area contributed by atoms with Gasteiger partial charge in [0.1, 0.15) is 11.1 Å². The molecule has 0 aromatic heterocycles. The van der Waals surface area contributed by atoms with Crippen LogP contribution in [0.1, 0.15) is 21.3 Å². The Labute approximate surface area is 188 Å². The number of carbonyl (C=O) groups is 2. The highest BCUT2D eigenvalue weighted by Crippen LogP contribution is 2.46. The van der Waals surface area contributed by atoms with Gasteiger partial charge >= 0.3 is 0 Å². The summed E-state index contributed by atoms with van der Waals surface area (Å²) in [5.41, 5.74) is 2.19. The number of hydrogen-bond donors (Lipinski definition) is 1. The Kier molecular flexibility index (Phi) is 6.09. The van der Waals surface area contributed by atoms with E-state index >= 15 is 0 Å². The number of thioether (sulfide) groups is 1. The number of rotatable bonds is 6. The largest absolute Gasteiger partial charge is 0.495 e. The number of benzene rings is 3. The SMILES string of the molecule is COc1ccccc1N1C(=O)CS[C@@H]1c1ccccc1NC(=O)c1ccc([N+](=O)[O-])cc1. The zero-order valence-electron chi connectivity index (χ0n) is 17.1. The third-order valence-electron chi connectivity index (χ3n) is 5.03. The second-order valence-corrected chi connectivity index (χ2v) is 8.01. The number of amides is 2. The Bertz CT molecular complexity index is 1180. The van der Waals surface area contributed by atoms with Crippen molar-refractivity contribution in [3.8, 4) is 5.75 Å². The lowest BCUT2D eigenvalue weighted by Gasteiger charge is -2.27. The van der Waals surface area contributed by atoms with E-state index in [0.717, 1.165) is 5.56 Å². The van der Waals surface area contributed by atoms with Gasteiger partial charge in [-0.1, -0.05) is 30.3 Å². The number of nitrogens with zero attached hydrogens (tertiary/aromatic N) is 2. The molecule has 0 unspecified atom stereocenters. The lowest BCUT2D eigenvalue weighted by atomic mass is 10.1. The van der Waals surface area contributed by atoms with Crippen molar-refractivity contribution >= 4 is 40.6 Å². The molecule has 1 heterocycles. The molecule has 3 aromatic rings. The van der Waals surface area contributed by atoms with Gasteiger partial charge in [-0.2, -0.15) is 0 Å². The average Bonchev–Trinajstić information content (AvgIpc) is 3.20. The minimum atomic E-state index is -0.516. The highest BCUT2D eigenvalue weighted by molar-refractivity contribution is 8.00. The smallest absolute Gasteiger partial charge is 0.269 e. The highest BCUT2D eigenvalue weighted by Gasteiger charge is 2.36. The number of methoxy groups -OCH3 is 1. The molecule has 1 fully saturated rings. The first kappa shape index (κ1) is 21.4. The lowest BCUT2D eigenvalue weighted by Crippen LogP contribution is -2.29. The number of non-ortho nitro benzene ring substituents is 1. The molecule has 1 saturated heterocycles. The van der Waals surface area contributed by atoms with E-state index in [0.29, 0.717) is 28.4 Å². The van der Waals surface area contributed by atoms with E-state index in [-0.39, 0.29) is 17.0 Å². The molecule has 162 valence electrons. The zero-order valence-corrected chi connectivity index (χ0v) is 17.9. The van der Waals surface area contributed by atoms with Gasteiger partial charge in [0.25, 0.3) is 11.6 Å². The first-order valence-corrected chi connectivity index (χ1v) is 10.8. The number of ether oxygens (including phenoxy) is 1. The van der Waals surface area contributed by atoms with E-state index < -0.39 is 10.8 Å². The van der Waals surface area contributed by atoms with Crippen molar-refractivity contribution < 1.29 is 19.2 Å². The molecular formula is C23H19N3O5S. The van der Waals surface area contributed by atoms with E-state index in [1.807, 2.05) is 30.3 Å². The number of nitrogens with one attached hydrogen (secondary N) is 1. The first-order valence-electron chi connectivity index (χ1n) is 9.71. The van der Waals surface area contributed by atoms with E-state index in [9.17, 15) is 19.7 Å². The summed E-state index contributed by atoms with van der Waals surface area (Å²) in [6, 6.07) is 20.0. The van der Waals surface area contributed by atoms with Crippen LogP contribution in [0.2, 0.25) is 0 Å². The Balaban J connectivity index is 1.65. The fourth-order valence-electron chi connectivity index (χ4n) is 3.50. The number of nitro groups is 1. The molecular weight excluding hydrogens is 430 g/mol. The number of carbonyl (C=O) groups excluding carboxylic acids is 2. The second kappa shape index (κ2) is 9.11. The van der Waals surface area contributed by atoms with E-state index in [1.54, 1.807) is 30.2 Å². The number of hydrogen-bond acceptors (Lipinski definition) is 6. The van der Waals surface area contributed by atoms with E-state index in [4.69, 9.17) is 4.74 Å². The third kappa shape index (κ3) is 4.15. The maximum atomic E-state index is 12.8. The standard InChI is InChI=1S/C23H19N3O5S/c1-31-20-9-5-4-8-19(20)25-21(27)14-32-23(25)17-6-2-3-7-18(17)24-22(28)15-10-12-16(13-11-15)26(29)30/h2-13,23H,14H2,1H3,(H,24,28)/t23-/m1/s1. The van der Waals surface area contributed by atoms with Gasteiger partial charge in [0, 0.05) is 28.9 Å². The molecule has 8 nitrogen and oxygen atoms in total. The van der Waals surface area contributed by atoms with Crippen LogP contribution in [-0.4, -0.2) is 29.6 Å². The minimum Gasteiger partial charge on any atom is -0.495 e. The van der Waals surface area contributed by atoms with Crippen molar-refractivity contribution in [2.45, 2.75) is 5.37 Å². The average molecular weight is 449 g/mol. The Morgan fingerprint density at radius 3 is 2.50 bits per heavy atom. The monoisotopic (exact) mass is 449 g/mol. The van der Waals surface area contributed by atoms with Crippen molar-refractivity contribution in [3.63, 3.8) is 0 Å². The van der Waals surface area contributed by atoms with Crippen molar-refractivity contribution in [1.29, 1.82) is 0 Å². The van der Waals surface area contributed by atoms with Gasteiger partial charge in [0.2, 0.25) is 5.91 Å². The predicted molar refractivity (Wildman–Crippen MR) is 123 cm³/mol. The summed E-state index contributed by atoms with van der Waals surface area (Å²) >= 11 is 1.46. The maximum absolute atomic E-state index is 12.8. The van der Waals surface area contributed by atoms with Crippen LogP contribution in [0.15, 0.2) is 72.8 Å². The molecule has 2 amide bonds. The Hall–Kier alpha value is -3.85. The summed E-state index contributed by atoms with van der Waals surface area (Å²) in [7, 11) is 1.56. The fourth-order valence-corrected chi connectivity index (χ4v) is 4.70. The minimum absolute atomic E-state index is 0.0546. The lowest BCUT2D eigenvalue weighted by molar-refractivity contribution is -0.384. The van der Waals surface area contributed by atoms with Crippen molar-refractivity contribution in [1.82, 2.24) is 0 Å². The van der Waals surface area contributed by atoms with Crippen LogP contribution in [-0.2, 0) is 4.79 Å². The molecule has 0 radical (unpaired) electrons. The Morgan fingerprint density at radius 1 is 1.09 bits per heavy atom. The van der Waals surface area contributed by atoms with Gasteiger partial charge in [-0.25, -0.2) is 0 Å². The third-order valence-corrected chi connectivity index (χ3v) is 6.22. The maximum Gasteiger partial charge on any atom is 0.269 e. The molecule has 1 aliphatic rings. The topological polar surface area (TPSA) is 102 Å². The van der Waals surface area contributed by atoms with E-state index in [1.165, 1.54) is 36.0 Å². The van der Waals surface area contributed by atoms with Gasteiger partial charge in [-0.3, -0.25) is 24.6 Å². The molecule has 1 N–H and O–H groups in total. The molecule has 0 spiro atoms. The summed E-state index contributed by atoms with van der Waals surface area (Å²) in [5, 5.41) is 13.4. The summed E-state index contributed by atoms with van der Waals surface area (Å²) < 4.78 is 5.45. The van der Waals surface area contributed by atoms with Gasteiger partial charge < -0.3 is 10.1 Å². The van der Waals surface area contributed by atoms with Crippen LogP contribution in [0.3, 0.4) is 0 Å². The molecule has 9 heteroatoms. The Morgan fingerprint density at radius 2 is 1.78 bits per heavy atom. The number of anilines is 2. The predicted octanol–water partition coefficient (Wildman–Crippen LogP) is 4.63. The number of para-hydroxylation sites is 3. The molecule has 0 aliphatic carbocycles. The van der Waals surface area contributed by atoms with Crippen LogP contribution < -0.4 is 15.0 Å². The van der Waals surface area contributed by atoms with Crippen LogP contribution in [0.5, 0.6) is 5.75 Å².